The molecular formula is C58H35N3. The lowest BCUT2D eigenvalue weighted by atomic mass is 9.70. The van der Waals surface area contributed by atoms with E-state index in [0.29, 0.717) is 17.5 Å². The summed E-state index contributed by atoms with van der Waals surface area (Å²) in [7, 11) is 0. The van der Waals surface area contributed by atoms with E-state index in [1.807, 2.05) is 36.4 Å². The van der Waals surface area contributed by atoms with Crippen molar-refractivity contribution < 1.29 is 0 Å². The molecular weight excluding hydrogens is 739 g/mol. The number of aromatic nitrogens is 3. The van der Waals surface area contributed by atoms with Gasteiger partial charge in [0.15, 0.2) is 17.5 Å². The molecule has 0 aliphatic heterocycles. The molecule has 2 aliphatic rings. The van der Waals surface area contributed by atoms with Gasteiger partial charge in [0.2, 0.25) is 0 Å². The van der Waals surface area contributed by atoms with Gasteiger partial charge in [0.05, 0.1) is 5.41 Å². The Labute approximate surface area is 353 Å². The molecule has 3 heteroatoms. The summed E-state index contributed by atoms with van der Waals surface area (Å²) >= 11 is 0. The van der Waals surface area contributed by atoms with Gasteiger partial charge in [-0.15, -0.1) is 0 Å². The van der Waals surface area contributed by atoms with Crippen molar-refractivity contribution in [1.82, 2.24) is 15.0 Å². The van der Waals surface area contributed by atoms with Gasteiger partial charge in [-0.05, 0) is 112 Å². The van der Waals surface area contributed by atoms with Crippen molar-refractivity contribution in [3.8, 4) is 67.5 Å². The van der Waals surface area contributed by atoms with Crippen molar-refractivity contribution in [2.75, 3.05) is 0 Å². The molecule has 10 aromatic carbocycles. The number of fused-ring (bicyclic) bond motifs is 16. The van der Waals surface area contributed by atoms with Gasteiger partial charge < -0.3 is 0 Å². The highest BCUT2D eigenvalue weighted by Gasteiger charge is 2.51. The zero-order valence-electron chi connectivity index (χ0n) is 33.0. The first kappa shape index (κ1) is 33.9. The number of nitrogens with zero attached hydrogens (tertiary/aromatic N) is 3. The smallest absolute Gasteiger partial charge is 0.164 e. The first-order chi connectivity index (χ1) is 30.2. The Morgan fingerprint density at radius 3 is 1.25 bits per heavy atom. The maximum absolute atomic E-state index is 5.07. The monoisotopic (exact) mass is 773 g/mol. The first-order valence-corrected chi connectivity index (χ1v) is 20.9. The van der Waals surface area contributed by atoms with E-state index < -0.39 is 5.41 Å². The lowest BCUT2D eigenvalue weighted by Gasteiger charge is -2.31. The normalized spacial score (nSPS) is 14.6. The fourth-order valence-corrected chi connectivity index (χ4v) is 10.5. The van der Waals surface area contributed by atoms with Gasteiger partial charge in [0, 0.05) is 16.7 Å². The van der Waals surface area contributed by atoms with E-state index in [-0.39, 0.29) is 0 Å². The Morgan fingerprint density at radius 2 is 0.639 bits per heavy atom. The minimum Gasteiger partial charge on any atom is -0.208 e. The molecule has 1 atom stereocenters. The number of benzene rings is 10. The summed E-state index contributed by atoms with van der Waals surface area (Å²) in [6.07, 6.45) is 0. The third-order valence-corrected chi connectivity index (χ3v) is 13.1. The van der Waals surface area contributed by atoms with Crippen LogP contribution in [0.5, 0.6) is 0 Å². The number of hydrogen-bond acceptors (Lipinski definition) is 3. The minimum atomic E-state index is -0.504. The molecule has 1 heterocycles. The standard InChI is InChI=1S/C58H35N3/c1-3-16-36(17-4-1)55-59-56(37-18-5-2-6-19-37)61-57(60-55)40-21-15-20-38(32-40)39-30-31-47-45-26-11-13-28-51(45)58(53(47)33-39)52-29-14-12-27-46(52)50-34-48-43-24-9-7-22-41(43)42-23-8-10-25-44(42)49(48)35-54(50)58/h1-35H. The Morgan fingerprint density at radius 1 is 0.230 bits per heavy atom. The molecule has 2 aliphatic carbocycles. The zero-order chi connectivity index (χ0) is 40.1. The van der Waals surface area contributed by atoms with Gasteiger partial charge in [0.25, 0.3) is 0 Å². The molecule has 1 unspecified atom stereocenters. The van der Waals surface area contributed by atoms with Crippen LogP contribution in [0.2, 0.25) is 0 Å². The third-order valence-electron chi connectivity index (χ3n) is 13.1. The Hall–Kier alpha value is -8.01. The fourth-order valence-electron chi connectivity index (χ4n) is 10.5. The molecule has 1 aromatic heterocycles. The van der Waals surface area contributed by atoms with Gasteiger partial charge in [-0.1, -0.05) is 188 Å². The average molecular weight is 774 g/mol. The summed E-state index contributed by atoms with van der Waals surface area (Å²) in [6, 6.07) is 77.1. The largest absolute Gasteiger partial charge is 0.208 e. The van der Waals surface area contributed by atoms with E-state index in [4.69, 9.17) is 15.0 Å². The van der Waals surface area contributed by atoms with Crippen molar-refractivity contribution in [1.29, 1.82) is 0 Å². The van der Waals surface area contributed by atoms with Crippen LogP contribution in [0.25, 0.3) is 99.9 Å². The van der Waals surface area contributed by atoms with E-state index in [2.05, 4.69) is 176 Å². The maximum atomic E-state index is 5.07. The molecule has 0 saturated carbocycles. The molecule has 11 aromatic rings. The highest BCUT2D eigenvalue weighted by molar-refractivity contribution is 6.26. The topological polar surface area (TPSA) is 38.7 Å². The summed E-state index contributed by atoms with van der Waals surface area (Å²) in [5.74, 6) is 1.95. The van der Waals surface area contributed by atoms with Crippen molar-refractivity contribution in [2.45, 2.75) is 5.41 Å². The van der Waals surface area contributed by atoms with Crippen LogP contribution in [0.15, 0.2) is 212 Å². The van der Waals surface area contributed by atoms with Crippen LogP contribution in [-0.2, 0) is 5.41 Å². The highest BCUT2D eigenvalue weighted by Crippen LogP contribution is 2.64. The lowest BCUT2D eigenvalue weighted by Crippen LogP contribution is -2.25. The second kappa shape index (κ2) is 13.0. The second-order valence-electron chi connectivity index (χ2n) is 16.3. The molecule has 282 valence electrons. The molecule has 0 fully saturated rings. The first-order valence-electron chi connectivity index (χ1n) is 20.9. The molecule has 0 bridgehead atoms. The Balaban J connectivity index is 1.04. The van der Waals surface area contributed by atoms with Crippen molar-refractivity contribution >= 4 is 32.3 Å². The van der Waals surface area contributed by atoms with Crippen LogP contribution in [0.3, 0.4) is 0 Å². The molecule has 61 heavy (non-hydrogen) atoms. The van der Waals surface area contributed by atoms with Crippen LogP contribution in [0.4, 0.5) is 0 Å². The van der Waals surface area contributed by atoms with E-state index >= 15 is 0 Å². The maximum Gasteiger partial charge on any atom is 0.164 e. The zero-order valence-corrected chi connectivity index (χ0v) is 33.0. The van der Waals surface area contributed by atoms with Gasteiger partial charge in [-0.2, -0.15) is 0 Å². The number of hydrogen-bond donors (Lipinski definition) is 0. The van der Waals surface area contributed by atoms with Crippen LogP contribution >= 0.6 is 0 Å². The van der Waals surface area contributed by atoms with E-state index in [1.165, 1.54) is 76.8 Å². The molecule has 1 spiro atoms. The van der Waals surface area contributed by atoms with E-state index in [1.54, 1.807) is 0 Å². The van der Waals surface area contributed by atoms with E-state index in [0.717, 1.165) is 27.8 Å². The predicted octanol–water partition coefficient (Wildman–Crippen LogP) is 14.3. The van der Waals surface area contributed by atoms with Gasteiger partial charge in [0.1, 0.15) is 0 Å². The van der Waals surface area contributed by atoms with Gasteiger partial charge in [-0.25, -0.2) is 15.0 Å². The molecule has 0 amide bonds. The van der Waals surface area contributed by atoms with Crippen molar-refractivity contribution in [3.63, 3.8) is 0 Å². The summed E-state index contributed by atoms with van der Waals surface area (Å²) < 4.78 is 0. The lowest BCUT2D eigenvalue weighted by molar-refractivity contribution is 0.795. The molecule has 13 rings (SSSR count). The Kier molecular flexibility index (Phi) is 7.22. The predicted molar refractivity (Wildman–Crippen MR) is 250 cm³/mol. The van der Waals surface area contributed by atoms with E-state index in [9.17, 15) is 0 Å². The van der Waals surface area contributed by atoms with Crippen molar-refractivity contribution in [2.24, 2.45) is 0 Å². The van der Waals surface area contributed by atoms with Crippen LogP contribution in [0, 0.1) is 0 Å². The fraction of sp³-hybridized carbons (Fsp3) is 0.0172. The van der Waals surface area contributed by atoms with Crippen molar-refractivity contribution in [3.05, 3.63) is 235 Å². The Bertz CT molecular complexity index is 3540. The molecule has 0 saturated heterocycles. The van der Waals surface area contributed by atoms with Crippen LogP contribution in [-0.4, -0.2) is 15.0 Å². The summed E-state index contributed by atoms with van der Waals surface area (Å²) in [6.45, 7) is 0. The average Bonchev–Trinajstić information content (AvgIpc) is 3.80. The highest BCUT2D eigenvalue weighted by atomic mass is 15.0. The summed E-state index contributed by atoms with van der Waals surface area (Å²) in [5.41, 5.74) is 15.1. The second-order valence-corrected chi connectivity index (χ2v) is 16.3. The SMILES string of the molecule is c1ccc(-c2nc(-c3ccccc3)nc(-c3cccc(-c4ccc5c(c4)C4(c6ccccc6-5)c5ccccc5-c5cc6c7ccccc7c7ccccc7c6cc54)c3)n2)cc1. The van der Waals surface area contributed by atoms with Gasteiger partial charge in [-0.3, -0.25) is 0 Å². The van der Waals surface area contributed by atoms with Gasteiger partial charge >= 0.3 is 0 Å². The summed E-state index contributed by atoms with van der Waals surface area (Å²) in [4.78, 5) is 15.1. The molecule has 0 N–H and O–H groups in total. The number of rotatable bonds is 4. The van der Waals surface area contributed by atoms with Crippen LogP contribution < -0.4 is 0 Å². The summed E-state index contributed by atoms with van der Waals surface area (Å²) in [5, 5.41) is 7.73. The van der Waals surface area contributed by atoms with Crippen LogP contribution in [0.1, 0.15) is 22.3 Å². The minimum absolute atomic E-state index is 0.504. The quantitative estimate of drug-likeness (QED) is 0.167. The molecule has 3 nitrogen and oxygen atoms in total. The molecule has 0 radical (unpaired) electrons. The third kappa shape index (κ3) is 4.89.